The van der Waals surface area contributed by atoms with E-state index in [2.05, 4.69) is 13.0 Å². The van der Waals surface area contributed by atoms with Crippen LogP contribution in [0.3, 0.4) is 0 Å². The van der Waals surface area contributed by atoms with Crippen LogP contribution in [-0.4, -0.2) is 12.2 Å². The van der Waals surface area contributed by atoms with Crippen LogP contribution in [0, 0.1) is 6.92 Å². The summed E-state index contributed by atoms with van der Waals surface area (Å²) >= 11 is 0. The lowest BCUT2D eigenvalue weighted by Crippen LogP contribution is -2.02. The first-order valence-corrected chi connectivity index (χ1v) is 6.65. The van der Waals surface area contributed by atoms with Gasteiger partial charge in [-0.15, -0.1) is 0 Å². The predicted octanol–water partition coefficient (Wildman–Crippen LogP) is 3.64. The molecule has 0 amide bonds. The van der Waals surface area contributed by atoms with Crippen molar-refractivity contribution in [2.75, 3.05) is 7.11 Å². The lowest BCUT2D eigenvalue weighted by atomic mass is 10.1. The standard InChI is InChI=1S/C17H20O3/c1-12-6-4-5-7-14(12)11-20-17-10-15(19-3)8-9-16(17)13(2)18/h4-10,13,18H,11H2,1-3H3/t13-/m1/s1. The molecule has 0 aliphatic carbocycles. The van der Waals surface area contributed by atoms with Crippen molar-refractivity contribution in [1.29, 1.82) is 0 Å². The predicted molar refractivity (Wildman–Crippen MR) is 79.1 cm³/mol. The van der Waals surface area contributed by atoms with E-state index in [1.165, 1.54) is 5.56 Å². The van der Waals surface area contributed by atoms with Gasteiger partial charge in [0.25, 0.3) is 0 Å². The molecule has 0 aliphatic rings. The Morgan fingerprint density at radius 3 is 2.55 bits per heavy atom. The maximum atomic E-state index is 9.80. The number of hydrogen-bond donors (Lipinski definition) is 1. The number of aryl methyl sites for hydroxylation is 1. The normalized spacial score (nSPS) is 12.0. The van der Waals surface area contributed by atoms with E-state index in [1.807, 2.05) is 30.3 Å². The smallest absolute Gasteiger partial charge is 0.129 e. The van der Waals surface area contributed by atoms with Crippen LogP contribution in [0.2, 0.25) is 0 Å². The van der Waals surface area contributed by atoms with Gasteiger partial charge in [0.15, 0.2) is 0 Å². The van der Waals surface area contributed by atoms with Gasteiger partial charge in [0.2, 0.25) is 0 Å². The van der Waals surface area contributed by atoms with E-state index in [9.17, 15) is 5.11 Å². The fourth-order valence-corrected chi connectivity index (χ4v) is 2.04. The third-order valence-corrected chi connectivity index (χ3v) is 3.32. The highest BCUT2D eigenvalue weighted by molar-refractivity contribution is 5.42. The molecule has 0 saturated heterocycles. The van der Waals surface area contributed by atoms with E-state index >= 15 is 0 Å². The Morgan fingerprint density at radius 1 is 1.15 bits per heavy atom. The monoisotopic (exact) mass is 272 g/mol. The van der Waals surface area contributed by atoms with Crippen LogP contribution >= 0.6 is 0 Å². The summed E-state index contributed by atoms with van der Waals surface area (Å²) in [6, 6.07) is 13.6. The Balaban J connectivity index is 2.21. The van der Waals surface area contributed by atoms with Crippen LogP contribution in [0.5, 0.6) is 11.5 Å². The average molecular weight is 272 g/mol. The number of aliphatic hydroxyl groups excluding tert-OH is 1. The first-order valence-electron chi connectivity index (χ1n) is 6.65. The minimum absolute atomic E-state index is 0.472. The van der Waals surface area contributed by atoms with Gasteiger partial charge in [-0.2, -0.15) is 0 Å². The van der Waals surface area contributed by atoms with Gasteiger partial charge in [-0.05, 0) is 37.1 Å². The Hall–Kier alpha value is -2.00. The molecule has 0 unspecified atom stereocenters. The molecule has 0 aromatic heterocycles. The number of benzene rings is 2. The van der Waals surface area contributed by atoms with Crippen molar-refractivity contribution >= 4 is 0 Å². The fraction of sp³-hybridized carbons (Fsp3) is 0.294. The van der Waals surface area contributed by atoms with Crippen molar-refractivity contribution in [1.82, 2.24) is 0 Å². The quantitative estimate of drug-likeness (QED) is 0.903. The van der Waals surface area contributed by atoms with Gasteiger partial charge in [0.05, 0.1) is 13.2 Å². The Labute approximate surface area is 119 Å². The van der Waals surface area contributed by atoms with Crippen LogP contribution in [0.4, 0.5) is 0 Å². The first kappa shape index (κ1) is 14.4. The fourth-order valence-electron chi connectivity index (χ4n) is 2.04. The molecule has 3 nitrogen and oxygen atoms in total. The highest BCUT2D eigenvalue weighted by Gasteiger charge is 2.11. The number of aliphatic hydroxyl groups is 1. The van der Waals surface area contributed by atoms with E-state index in [0.717, 1.165) is 11.1 Å². The van der Waals surface area contributed by atoms with Gasteiger partial charge in [-0.1, -0.05) is 24.3 Å². The summed E-state index contributed by atoms with van der Waals surface area (Å²) in [4.78, 5) is 0. The molecular weight excluding hydrogens is 252 g/mol. The number of rotatable bonds is 5. The highest BCUT2D eigenvalue weighted by atomic mass is 16.5. The maximum Gasteiger partial charge on any atom is 0.129 e. The summed E-state index contributed by atoms with van der Waals surface area (Å²) in [5.74, 6) is 1.37. The molecule has 0 saturated carbocycles. The molecule has 20 heavy (non-hydrogen) atoms. The van der Waals surface area contributed by atoms with Gasteiger partial charge < -0.3 is 14.6 Å². The molecule has 2 aromatic rings. The topological polar surface area (TPSA) is 38.7 Å². The third-order valence-electron chi connectivity index (χ3n) is 3.32. The van der Waals surface area contributed by atoms with E-state index in [-0.39, 0.29) is 0 Å². The zero-order chi connectivity index (χ0) is 14.5. The summed E-state index contributed by atoms with van der Waals surface area (Å²) in [5.41, 5.74) is 3.08. The van der Waals surface area contributed by atoms with E-state index in [1.54, 1.807) is 20.1 Å². The Bertz CT molecular complexity index is 576. The number of methoxy groups -OCH3 is 1. The summed E-state index contributed by atoms with van der Waals surface area (Å²) in [7, 11) is 1.61. The van der Waals surface area contributed by atoms with Crippen LogP contribution < -0.4 is 9.47 Å². The van der Waals surface area contributed by atoms with Crippen molar-refractivity contribution < 1.29 is 14.6 Å². The van der Waals surface area contributed by atoms with Gasteiger partial charge in [0.1, 0.15) is 18.1 Å². The molecular formula is C17H20O3. The molecule has 106 valence electrons. The van der Waals surface area contributed by atoms with Crippen LogP contribution in [0.1, 0.15) is 29.7 Å². The van der Waals surface area contributed by atoms with Gasteiger partial charge in [-0.25, -0.2) is 0 Å². The largest absolute Gasteiger partial charge is 0.497 e. The molecule has 0 spiro atoms. The Morgan fingerprint density at radius 2 is 1.90 bits per heavy atom. The minimum atomic E-state index is -0.576. The SMILES string of the molecule is COc1ccc([C@@H](C)O)c(OCc2ccccc2C)c1. The zero-order valence-electron chi connectivity index (χ0n) is 12.1. The van der Waals surface area contributed by atoms with Crippen molar-refractivity contribution in [3.63, 3.8) is 0 Å². The third kappa shape index (κ3) is 3.31. The van der Waals surface area contributed by atoms with Crippen LogP contribution in [0.15, 0.2) is 42.5 Å². The molecule has 0 fully saturated rings. The molecule has 2 rings (SSSR count). The molecule has 0 heterocycles. The first-order chi connectivity index (χ1) is 9.61. The van der Waals surface area contributed by atoms with Crippen LogP contribution in [-0.2, 0) is 6.61 Å². The summed E-state index contributed by atoms with van der Waals surface area (Å²) < 4.78 is 11.1. The summed E-state index contributed by atoms with van der Waals surface area (Å²) in [6.45, 7) is 4.25. The molecule has 3 heteroatoms. The number of hydrogen-bond acceptors (Lipinski definition) is 3. The van der Waals surface area contributed by atoms with Crippen molar-refractivity contribution in [2.24, 2.45) is 0 Å². The average Bonchev–Trinajstić information content (AvgIpc) is 2.46. The van der Waals surface area contributed by atoms with Crippen LogP contribution in [0.25, 0.3) is 0 Å². The van der Waals surface area contributed by atoms with E-state index < -0.39 is 6.10 Å². The van der Waals surface area contributed by atoms with E-state index in [4.69, 9.17) is 9.47 Å². The number of ether oxygens (including phenoxy) is 2. The van der Waals surface area contributed by atoms with E-state index in [0.29, 0.717) is 18.1 Å². The van der Waals surface area contributed by atoms with Crippen molar-refractivity contribution in [3.05, 3.63) is 59.2 Å². The van der Waals surface area contributed by atoms with Gasteiger partial charge in [-0.3, -0.25) is 0 Å². The van der Waals surface area contributed by atoms with Gasteiger partial charge in [0, 0.05) is 11.6 Å². The summed E-state index contributed by atoms with van der Waals surface area (Å²) in [6.07, 6.45) is -0.576. The maximum absolute atomic E-state index is 9.80. The molecule has 0 bridgehead atoms. The second kappa shape index (κ2) is 6.44. The molecule has 2 aromatic carbocycles. The lowest BCUT2D eigenvalue weighted by molar-refractivity contribution is 0.190. The second-order valence-electron chi connectivity index (χ2n) is 4.79. The second-order valence-corrected chi connectivity index (χ2v) is 4.79. The van der Waals surface area contributed by atoms with Gasteiger partial charge >= 0.3 is 0 Å². The molecule has 1 N–H and O–H groups in total. The molecule has 0 aliphatic heterocycles. The lowest BCUT2D eigenvalue weighted by Gasteiger charge is -2.15. The van der Waals surface area contributed by atoms with Crippen molar-refractivity contribution in [2.45, 2.75) is 26.6 Å². The molecule has 0 radical (unpaired) electrons. The molecule has 1 atom stereocenters. The minimum Gasteiger partial charge on any atom is -0.497 e. The highest BCUT2D eigenvalue weighted by Crippen LogP contribution is 2.30. The Kier molecular flexibility index (Phi) is 4.64. The van der Waals surface area contributed by atoms with Crippen molar-refractivity contribution in [3.8, 4) is 11.5 Å². The zero-order valence-corrected chi connectivity index (χ0v) is 12.1. The summed E-state index contributed by atoms with van der Waals surface area (Å²) in [5, 5.41) is 9.80.